The highest BCUT2D eigenvalue weighted by molar-refractivity contribution is 5.53. The number of allylic oxidation sites excluding steroid dienone is 1. The van der Waals surface area contributed by atoms with Crippen molar-refractivity contribution in [3.8, 4) is 11.8 Å². The van der Waals surface area contributed by atoms with Gasteiger partial charge in [0.1, 0.15) is 23.2 Å². The molecule has 0 bridgehead atoms. The van der Waals surface area contributed by atoms with E-state index in [-0.39, 0.29) is 17.0 Å². The first-order valence-electron chi connectivity index (χ1n) is 5.96. The normalized spacial score (nSPS) is 17.3. The zero-order valence-corrected chi connectivity index (χ0v) is 10.6. The fourth-order valence-corrected chi connectivity index (χ4v) is 2.35. The standard InChI is InChI=1S/C14H11N3O3/c1-7-5-10-12(14(18)17-7)11(9-3-2-4-19-9)8(6-15)13(16)20-10/h2-5,11H,16H2,1H3,(H,17,18). The Labute approximate surface area is 114 Å². The maximum Gasteiger partial charge on any atom is 0.256 e. The van der Waals surface area contributed by atoms with Crippen LogP contribution in [0.5, 0.6) is 5.75 Å². The van der Waals surface area contributed by atoms with Crippen molar-refractivity contribution < 1.29 is 9.15 Å². The molecular weight excluding hydrogens is 258 g/mol. The van der Waals surface area contributed by atoms with Crippen LogP contribution in [-0.2, 0) is 0 Å². The van der Waals surface area contributed by atoms with E-state index in [4.69, 9.17) is 14.9 Å². The smallest absolute Gasteiger partial charge is 0.256 e. The number of pyridine rings is 1. The summed E-state index contributed by atoms with van der Waals surface area (Å²) in [7, 11) is 0. The molecule has 0 amide bonds. The van der Waals surface area contributed by atoms with E-state index >= 15 is 0 Å². The maximum atomic E-state index is 12.2. The first-order chi connectivity index (χ1) is 9.61. The second-order valence-corrected chi connectivity index (χ2v) is 4.50. The molecule has 6 nitrogen and oxygen atoms in total. The molecule has 0 saturated heterocycles. The van der Waals surface area contributed by atoms with Crippen LogP contribution < -0.4 is 16.0 Å². The number of aryl methyl sites for hydroxylation is 1. The number of nitriles is 1. The molecule has 3 rings (SSSR count). The van der Waals surface area contributed by atoms with Gasteiger partial charge in [0.15, 0.2) is 0 Å². The van der Waals surface area contributed by atoms with Gasteiger partial charge in [-0.2, -0.15) is 5.26 Å². The first kappa shape index (κ1) is 12.1. The minimum absolute atomic E-state index is 0.00796. The van der Waals surface area contributed by atoms with Crippen molar-refractivity contribution in [2.75, 3.05) is 0 Å². The third kappa shape index (κ3) is 1.68. The van der Waals surface area contributed by atoms with Gasteiger partial charge in [0.25, 0.3) is 5.56 Å². The van der Waals surface area contributed by atoms with Crippen LogP contribution in [0.4, 0.5) is 0 Å². The molecule has 0 aromatic carbocycles. The van der Waals surface area contributed by atoms with E-state index in [1.165, 1.54) is 6.26 Å². The van der Waals surface area contributed by atoms with Gasteiger partial charge in [-0.3, -0.25) is 4.79 Å². The van der Waals surface area contributed by atoms with Crippen molar-refractivity contribution in [2.24, 2.45) is 5.73 Å². The van der Waals surface area contributed by atoms with Crippen molar-refractivity contribution in [3.63, 3.8) is 0 Å². The summed E-state index contributed by atoms with van der Waals surface area (Å²) in [5.74, 6) is 0.169. The highest BCUT2D eigenvalue weighted by atomic mass is 16.5. The monoisotopic (exact) mass is 269 g/mol. The fraction of sp³-hybridized carbons (Fsp3) is 0.143. The molecule has 100 valence electrons. The van der Waals surface area contributed by atoms with E-state index in [0.29, 0.717) is 22.8 Å². The van der Waals surface area contributed by atoms with Crippen LogP contribution in [-0.4, -0.2) is 4.98 Å². The van der Waals surface area contributed by atoms with Gasteiger partial charge in [0, 0.05) is 11.8 Å². The average Bonchev–Trinajstić information content (AvgIpc) is 2.90. The number of rotatable bonds is 1. The summed E-state index contributed by atoms with van der Waals surface area (Å²) in [4.78, 5) is 14.9. The molecule has 2 aromatic heterocycles. The van der Waals surface area contributed by atoms with Gasteiger partial charge < -0.3 is 19.9 Å². The predicted octanol–water partition coefficient (Wildman–Crippen LogP) is 1.49. The lowest BCUT2D eigenvalue weighted by molar-refractivity contribution is 0.381. The minimum atomic E-state index is -0.650. The molecule has 0 fully saturated rings. The molecule has 1 unspecified atom stereocenters. The quantitative estimate of drug-likeness (QED) is 0.816. The first-order valence-corrected chi connectivity index (χ1v) is 5.96. The Kier molecular flexibility index (Phi) is 2.61. The molecule has 20 heavy (non-hydrogen) atoms. The van der Waals surface area contributed by atoms with Gasteiger partial charge in [-0.15, -0.1) is 0 Å². The number of aromatic nitrogens is 1. The number of hydrogen-bond acceptors (Lipinski definition) is 5. The lowest BCUT2D eigenvalue weighted by Gasteiger charge is -2.23. The Morgan fingerprint density at radius 1 is 1.50 bits per heavy atom. The lowest BCUT2D eigenvalue weighted by Crippen LogP contribution is -2.27. The molecular formula is C14H11N3O3. The zero-order chi connectivity index (χ0) is 14.3. The maximum absolute atomic E-state index is 12.2. The summed E-state index contributed by atoms with van der Waals surface area (Å²) in [6.45, 7) is 1.74. The number of nitrogens with two attached hydrogens (primary N) is 1. The molecule has 1 aliphatic heterocycles. The highest BCUT2D eigenvalue weighted by Gasteiger charge is 2.34. The summed E-state index contributed by atoms with van der Waals surface area (Å²) < 4.78 is 10.7. The number of hydrogen-bond donors (Lipinski definition) is 2. The summed E-state index contributed by atoms with van der Waals surface area (Å²) in [5, 5.41) is 9.28. The van der Waals surface area contributed by atoms with Crippen molar-refractivity contribution in [2.45, 2.75) is 12.8 Å². The second kappa shape index (κ2) is 4.31. The van der Waals surface area contributed by atoms with Crippen LogP contribution in [0.25, 0.3) is 0 Å². The number of furan rings is 1. The van der Waals surface area contributed by atoms with Crippen LogP contribution >= 0.6 is 0 Å². The van der Waals surface area contributed by atoms with E-state index in [1.54, 1.807) is 25.1 Å². The molecule has 6 heteroatoms. The number of ether oxygens (including phenoxy) is 1. The summed E-state index contributed by atoms with van der Waals surface area (Å²) in [5.41, 5.74) is 6.62. The predicted molar refractivity (Wildman–Crippen MR) is 69.8 cm³/mol. The van der Waals surface area contributed by atoms with E-state index in [1.807, 2.05) is 6.07 Å². The molecule has 0 radical (unpaired) electrons. The molecule has 3 N–H and O–H groups in total. The molecule has 1 aliphatic rings. The Morgan fingerprint density at radius 2 is 2.30 bits per heavy atom. The van der Waals surface area contributed by atoms with Crippen LogP contribution in [0.1, 0.15) is 22.9 Å². The van der Waals surface area contributed by atoms with E-state index in [9.17, 15) is 10.1 Å². The molecule has 0 spiro atoms. The lowest BCUT2D eigenvalue weighted by atomic mass is 9.88. The Morgan fingerprint density at radius 3 is 2.95 bits per heavy atom. The van der Waals surface area contributed by atoms with E-state index in [2.05, 4.69) is 4.98 Å². The zero-order valence-electron chi connectivity index (χ0n) is 10.6. The van der Waals surface area contributed by atoms with E-state index < -0.39 is 5.92 Å². The number of H-pyrrole nitrogens is 1. The van der Waals surface area contributed by atoms with Gasteiger partial charge in [0.2, 0.25) is 5.88 Å². The topological polar surface area (TPSA) is 105 Å². The van der Waals surface area contributed by atoms with Crippen molar-refractivity contribution in [1.29, 1.82) is 5.26 Å². The molecule has 0 aliphatic carbocycles. The van der Waals surface area contributed by atoms with Crippen molar-refractivity contribution in [1.82, 2.24) is 4.98 Å². The van der Waals surface area contributed by atoms with Crippen LogP contribution in [0.2, 0.25) is 0 Å². The van der Waals surface area contributed by atoms with Gasteiger partial charge in [-0.05, 0) is 19.1 Å². The number of nitrogens with zero attached hydrogens (tertiary/aromatic N) is 1. The average molecular weight is 269 g/mol. The van der Waals surface area contributed by atoms with Crippen molar-refractivity contribution >= 4 is 0 Å². The largest absolute Gasteiger partial charge is 0.468 e. The number of aromatic amines is 1. The Balaban J connectivity index is 2.32. The van der Waals surface area contributed by atoms with Gasteiger partial charge in [-0.1, -0.05) is 0 Å². The van der Waals surface area contributed by atoms with Crippen LogP contribution in [0.15, 0.2) is 45.1 Å². The number of fused-ring (bicyclic) bond motifs is 1. The van der Waals surface area contributed by atoms with Gasteiger partial charge in [-0.25, -0.2) is 0 Å². The molecule has 0 saturated carbocycles. The third-order valence-electron chi connectivity index (χ3n) is 3.18. The molecule has 2 aromatic rings. The fourth-order valence-electron chi connectivity index (χ4n) is 2.35. The second-order valence-electron chi connectivity index (χ2n) is 4.50. The Bertz CT molecular complexity index is 794. The van der Waals surface area contributed by atoms with E-state index in [0.717, 1.165) is 0 Å². The number of nitrogens with one attached hydrogen (secondary N) is 1. The third-order valence-corrected chi connectivity index (χ3v) is 3.18. The van der Waals surface area contributed by atoms with Gasteiger partial charge in [0.05, 0.1) is 17.7 Å². The minimum Gasteiger partial charge on any atom is -0.468 e. The summed E-state index contributed by atoms with van der Waals surface area (Å²) >= 11 is 0. The Hall–Kier alpha value is -2.94. The van der Waals surface area contributed by atoms with Crippen LogP contribution in [0.3, 0.4) is 0 Å². The van der Waals surface area contributed by atoms with Gasteiger partial charge >= 0.3 is 0 Å². The van der Waals surface area contributed by atoms with Crippen molar-refractivity contribution in [3.05, 3.63) is 63.3 Å². The molecule has 3 heterocycles. The SMILES string of the molecule is Cc1cc2c(c(=O)[nH]1)C(c1ccco1)C(C#N)=C(N)O2. The van der Waals surface area contributed by atoms with Crippen LogP contribution in [0, 0.1) is 18.3 Å². The molecule has 1 atom stereocenters. The highest BCUT2D eigenvalue weighted by Crippen LogP contribution is 2.40. The summed E-state index contributed by atoms with van der Waals surface area (Å²) in [6.07, 6.45) is 1.48. The summed E-state index contributed by atoms with van der Waals surface area (Å²) in [6, 6.07) is 7.06.